The number of carbonyl (C=O) groups is 1. The van der Waals surface area contributed by atoms with Gasteiger partial charge in [0, 0.05) is 6.08 Å². The Morgan fingerprint density at radius 3 is 2.17 bits per heavy atom. The lowest BCUT2D eigenvalue weighted by atomic mass is 10.2. The number of unbranched alkanes of at least 4 members (excludes halogenated alkanes) is 4. The Balaban J connectivity index is 2.75. The highest BCUT2D eigenvalue weighted by Crippen LogP contribution is 2.29. The van der Waals surface area contributed by atoms with E-state index in [2.05, 4.69) is 18.6 Å². The number of esters is 1. The molecule has 0 aliphatic rings. The zero-order valence-corrected chi connectivity index (χ0v) is 15.2. The highest BCUT2D eigenvalue weighted by atomic mass is 16.5. The second kappa shape index (κ2) is 12.5. The van der Waals surface area contributed by atoms with Gasteiger partial charge in [0.2, 0.25) is 0 Å². The minimum atomic E-state index is -0.375. The second-order valence-electron chi connectivity index (χ2n) is 5.67. The maximum atomic E-state index is 11.2. The number of hydrogen-bond acceptors (Lipinski definition) is 4. The summed E-state index contributed by atoms with van der Waals surface area (Å²) >= 11 is 0. The molecule has 1 rings (SSSR count). The summed E-state index contributed by atoms with van der Waals surface area (Å²) in [6, 6.07) is 5.71. The van der Waals surface area contributed by atoms with Gasteiger partial charge in [0.05, 0.1) is 20.3 Å². The SMILES string of the molecule is CCCCCOc1ccc(/C=C/C(=O)OC)cc1OCCCCC. The Hall–Kier alpha value is -1.97. The molecule has 0 N–H and O–H groups in total. The molecule has 0 aromatic heterocycles. The highest BCUT2D eigenvalue weighted by Gasteiger charge is 2.06. The normalized spacial score (nSPS) is 10.8. The van der Waals surface area contributed by atoms with Crippen LogP contribution in [0.15, 0.2) is 24.3 Å². The molecule has 0 aliphatic carbocycles. The van der Waals surface area contributed by atoms with Gasteiger partial charge in [-0.1, -0.05) is 45.6 Å². The van der Waals surface area contributed by atoms with Gasteiger partial charge in [0.1, 0.15) is 0 Å². The molecular weight excluding hydrogens is 304 g/mol. The maximum absolute atomic E-state index is 11.2. The van der Waals surface area contributed by atoms with Gasteiger partial charge in [-0.05, 0) is 36.6 Å². The van der Waals surface area contributed by atoms with E-state index in [9.17, 15) is 4.79 Å². The van der Waals surface area contributed by atoms with Gasteiger partial charge < -0.3 is 14.2 Å². The lowest BCUT2D eigenvalue weighted by Gasteiger charge is -2.13. The van der Waals surface area contributed by atoms with Crippen molar-refractivity contribution in [2.75, 3.05) is 20.3 Å². The van der Waals surface area contributed by atoms with Gasteiger partial charge in [-0.25, -0.2) is 4.79 Å². The van der Waals surface area contributed by atoms with Gasteiger partial charge in [0.15, 0.2) is 11.5 Å². The summed E-state index contributed by atoms with van der Waals surface area (Å²) in [5.74, 6) is 1.12. The Morgan fingerprint density at radius 1 is 0.958 bits per heavy atom. The third kappa shape index (κ3) is 8.04. The van der Waals surface area contributed by atoms with Gasteiger partial charge in [0.25, 0.3) is 0 Å². The van der Waals surface area contributed by atoms with Crippen LogP contribution in [0.25, 0.3) is 6.08 Å². The molecule has 1 aromatic carbocycles. The molecule has 24 heavy (non-hydrogen) atoms. The summed E-state index contributed by atoms with van der Waals surface area (Å²) in [5, 5.41) is 0. The molecule has 0 fully saturated rings. The van der Waals surface area contributed by atoms with Crippen molar-refractivity contribution in [3.05, 3.63) is 29.8 Å². The Labute approximate surface area is 145 Å². The summed E-state index contributed by atoms with van der Waals surface area (Å²) in [4.78, 5) is 11.2. The quantitative estimate of drug-likeness (QED) is 0.306. The molecule has 0 amide bonds. The minimum Gasteiger partial charge on any atom is -0.490 e. The largest absolute Gasteiger partial charge is 0.490 e. The minimum absolute atomic E-state index is 0.375. The van der Waals surface area contributed by atoms with Crippen LogP contribution in [-0.2, 0) is 9.53 Å². The number of ether oxygens (including phenoxy) is 3. The molecule has 0 radical (unpaired) electrons. The fraction of sp³-hybridized carbons (Fsp3) is 0.550. The Morgan fingerprint density at radius 2 is 1.58 bits per heavy atom. The number of rotatable bonds is 12. The summed E-state index contributed by atoms with van der Waals surface area (Å²) in [6.45, 7) is 5.70. The van der Waals surface area contributed by atoms with Crippen molar-refractivity contribution < 1.29 is 19.0 Å². The van der Waals surface area contributed by atoms with Gasteiger partial charge >= 0.3 is 5.97 Å². The third-order valence-electron chi connectivity index (χ3n) is 3.59. The molecule has 0 heterocycles. The van der Waals surface area contributed by atoms with E-state index in [-0.39, 0.29) is 5.97 Å². The zero-order valence-electron chi connectivity index (χ0n) is 15.2. The van der Waals surface area contributed by atoms with Crippen molar-refractivity contribution in [3.63, 3.8) is 0 Å². The lowest BCUT2D eigenvalue weighted by Crippen LogP contribution is -2.03. The number of methoxy groups -OCH3 is 1. The number of hydrogen-bond donors (Lipinski definition) is 0. The van der Waals surface area contributed by atoms with E-state index in [4.69, 9.17) is 9.47 Å². The van der Waals surface area contributed by atoms with Crippen molar-refractivity contribution >= 4 is 12.0 Å². The predicted octanol–water partition coefficient (Wildman–Crippen LogP) is 5.01. The molecule has 0 spiro atoms. The molecule has 0 bridgehead atoms. The van der Waals surface area contributed by atoms with E-state index in [0.29, 0.717) is 13.2 Å². The Bertz CT molecular complexity index is 508. The van der Waals surface area contributed by atoms with Crippen LogP contribution in [0.2, 0.25) is 0 Å². The van der Waals surface area contributed by atoms with Gasteiger partial charge in [-0.3, -0.25) is 0 Å². The summed E-state index contributed by atoms with van der Waals surface area (Å²) in [6.07, 6.45) is 9.81. The lowest BCUT2D eigenvalue weighted by molar-refractivity contribution is -0.134. The summed E-state index contributed by atoms with van der Waals surface area (Å²) in [5.41, 5.74) is 0.881. The van der Waals surface area contributed by atoms with E-state index in [1.165, 1.54) is 19.6 Å². The summed E-state index contributed by atoms with van der Waals surface area (Å²) < 4.78 is 16.4. The number of carbonyl (C=O) groups excluding carboxylic acids is 1. The average Bonchev–Trinajstić information content (AvgIpc) is 2.61. The fourth-order valence-electron chi connectivity index (χ4n) is 2.16. The number of benzene rings is 1. The standard InChI is InChI=1S/C20H30O4/c1-4-6-8-14-23-18-12-10-17(11-13-20(21)22-3)16-19(18)24-15-9-7-5-2/h10-13,16H,4-9,14-15H2,1-3H3/b13-11+. The molecule has 4 nitrogen and oxygen atoms in total. The summed E-state index contributed by atoms with van der Waals surface area (Å²) in [7, 11) is 1.36. The molecule has 0 saturated carbocycles. The molecule has 134 valence electrons. The molecule has 0 atom stereocenters. The molecule has 4 heteroatoms. The maximum Gasteiger partial charge on any atom is 0.330 e. The van der Waals surface area contributed by atoms with Crippen molar-refractivity contribution in [2.45, 2.75) is 52.4 Å². The van der Waals surface area contributed by atoms with Gasteiger partial charge in [-0.15, -0.1) is 0 Å². The molecular formula is C20H30O4. The van der Waals surface area contributed by atoms with E-state index in [1.54, 1.807) is 6.08 Å². The van der Waals surface area contributed by atoms with Crippen LogP contribution in [0, 0.1) is 0 Å². The van der Waals surface area contributed by atoms with Crippen LogP contribution in [0.3, 0.4) is 0 Å². The molecule has 0 unspecified atom stereocenters. The van der Waals surface area contributed by atoms with Crippen LogP contribution >= 0.6 is 0 Å². The van der Waals surface area contributed by atoms with E-state index >= 15 is 0 Å². The van der Waals surface area contributed by atoms with Crippen LogP contribution in [0.4, 0.5) is 0 Å². The molecule has 1 aromatic rings. The van der Waals surface area contributed by atoms with Crippen molar-refractivity contribution in [1.29, 1.82) is 0 Å². The van der Waals surface area contributed by atoms with E-state index < -0.39 is 0 Å². The first-order chi connectivity index (χ1) is 11.7. The monoisotopic (exact) mass is 334 g/mol. The van der Waals surface area contributed by atoms with Crippen LogP contribution in [0.1, 0.15) is 57.9 Å². The van der Waals surface area contributed by atoms with Crippen molar-refractivity contribution in [2.24, 2.45) is 0 Å². The first kappa shape index (κ1) is 20.1. The third-order valence-corrected chi connectivity index (χ3v) is 3.59. The van der Waals surface area contributed by atoms with Crippen LogP contribution < -0.4 is 9.47 Å². The van der Waals surface area contributed by atoms with E-state index in [1.807, 2.05) is 18.2 Å². The average molecular weight is 334 g/mol. The fourth-order valence-corrected chi connectivity index (χ4v) is 2.16. The topological polar surface area (TPSA) is 44.8 Å². The first-order valence-corrected chi connectivity index (χ1v) is 8.87. The van der Waals surface area contributed by atoms with Gasteiger partial charge in [-0.2, -0.15) is 0 Å². The van der Waals surface area contributed by atoms with Crippen molar-refractivity contribution in [1.82, 2.24) is 0 Å². The highest BCUT2D eigenvalue weighted by molar-refractivity contribution is 5.87. The van der Waals surface area contributed by atoms with E-state index in [0.717, 1.165) is 49.2 Å². The Kier molecular flexibility index (Phi) is 10.4. The predicted molar refractivity (Wildman–Crippen MR) is 97.5 cm³/mol. The van der Waals surface area contributed by atoms with Crippen LogP contribution in [-0.4, -0.2) is 26.3 Å². The van der Waals surface area contributed by atoms with Crippen molar-refractivity contribution in [3.8, 4) is 11.5 Å². The second-order valence-corrected chi connectivity index (χ2v) is 5.67. The molecule has 0 aliphatic heterocycles. The smallest absolute Gasteiger partial charge is 0.330 e. The zero-order chi connectivity index (χ0) is 17.6. The first-order valence-electron chi connectivity index (χ1n) is 8.87. The van der Waals surface area contributed by atoms with Crippen LogP contribution in [0.5, 0.6) is 11.5 Å². The molecule has 0 saturated heterocycles.